The smallest absolute Gasteiger partial charge is 0.207 e. The molecule has 6 aromatic rings. The summed E-state index contributed by atoms with van der Waals surface area (Å²) in [5.41, 5.74) is 1.84. The third-order valence-corrected chi connectivity index (χ3v) is 7.20. The number of hydrogen-bond acceptors (Lipinski definition) is 0. The molecule has 0 unspecified atom stereocenters. The molecule has 0 aliphatic carbocycles. The molecule has 6 rings (SSSR count). The average molecular weight is 646 g/mol. The van der Waals surface area contributed by atoms with E-state index in [1.165, 1.54) is 36.4 Å². The molecule has 11 heteroatoms. The van der Waals surface area contributed by atoms with Gasteiger partial charge in [-0.15, -0.1) is 0 Å². The van der Waals surface area contributed by atoms with E-state index in [-0.39, 0.29) is 33.8 Å². The van der Waals surface area contributed by atoms with E-state index in [0.29, 0.717) is 34.6 Å². The Morgan fingerprint density at radius 1 is 0.234 bits per heavy atom. The van der Waals surface area contributed by atoms with Crippen molar-refractivity contribution in [3.8, 4) is 0 Å². The van der Waals surface area contributed by atoms with Crippen LogP contribution in [0.25, 0.3) is 0 Å². The molecular weight excluding hydrogens is 625 g/mol. The van der Waals surface area contributed by atoms with Gasteiger partial charge in [0.25, 0.3) is 0 Å². The summed E-state index contributed by atoms with van der Waals surface area (Å²) in [6.07, 6.45) is 0. The van der Waals surface area contributed by atoms with Crippen LogP contribution in [0.15, 0.2) is 127 Å². The van der Waals surface area contributed by atoms with Gasteiger partial charge in [-0.1, -0.05) is 69.2 Å². The van der Waals surface area contributed by atoms with Crippen molar-refractivity contribution in [3.05, 3.63) is 180 Å². The van der Waals surface area contributed by atoms with E-state index in [1.807, 2.05) is 0 Å². The Hall–Kier alpha value is -5.18. The highest BCUT2D eigenvalue weighted by Gasteiger charge is 2.26. The zero-order chi connectivity index (χ0) is 33.7. The van der Waals surface area contributed by atoms with Crippen LogP contribution in [0.4, 0.5) is 39.5 Å². The predicted molar refractivity (Wildman–Crippen MR) is 168 cm³/mol. The van der Waals surface area contributed by atoms with Gasteiger partial charge in [-0.3, -0.25) is 0 Å². The second-order valence-corrected chi connectivity index (χ2v) is 10.6. The molecule has 0 bridgehead atoms. The molecule has 234 valence electrons. The Morgan fingerprint density at radius 2 is 0.447 bits per heavy atom. The van der Waals surface area contributed by atoms with Gasteiger partial charge in [-0.2, -0.15) is 0 Å². The van der Waals surface area contributed by atoms with Crippen LogP contribution in [-0.4, -0.2) is 13.4 Å². The van der Waals surface area contributed by atoms with Gasteiger partial charge in [0.15, 0.2) is 0 Å². The molecule has 0 saturated carbocycles. The molecule has 0 spiro atoms. The molecule has 0 fully saturated rings. The summed E-state index contributed by atoms with van der Waals surface area (Å²) in [7, 11) is 0. The number of rotatable bonds is 6. The summed E-state index contributed by atoms with van der Waals surface area (Å²) in [5.74, 6) is -6.67. The lowest BCUT2D eigenvalue weighted by molar-refractivity contribution is 0.585. The highest BCUT2D eigenvalue weighted by atomic mass is 19.2. The van der Waals surface area contributed by atoms with Gasteiger partial charge in [0.1, 0.15) is 52.4 Å². The topological polar surface area (TPSA) is 0 Å². The largest absolute Gasteiger partial charge is 0.241 e. The minimum Gasteiger partial charge on any atom is -0.207 e. The molecule has 0 atom stereocenters. The van der Waals surface area contributed by atoms with Gasteiger partial charge in [-0.05, 0) is 72.8 Å². The van der Waals surface area contributed by atoms with Gasteiger partial charge in [0.2, 0.25) is 13.4 Å². The van der Waals surface area contributed by atoms with Crippen molar-refractivity contribution < 1.29 is 39.5 Å². The van der Waals surface area contributed by atoms with Crippen molar-refractivity contribution in [2.45, 2.75) is 0 Å². The standard InChI is InChI=1S/C18H9BF6.C18H12BF3/c20-13-1-10(2-14(21)7-13)19(11-3-15(22)8-16(23)4-11)12-5-17(24)9-18(25)6-12;20-16-7-1-4-13(10-16)19(14-5-2-8-17(21)11-14)15-6-3-9-18(22)12-15/h1-9H;1-12H. The summed E-state index contributed by atoms with van der Waals surface area (Å²) < 4.78 is 122. The van der Waals surface area contributed by atoms with E-state index in [2.05, 4.69) is 0 Å². The van der Waals surface area contributed by atoms with E-state index < -0.39 is 48.3 Å². The number of halogens is 9. The van der Waals surface area contributed by atoms with Gasteiger partial charge in [-0.25, -0.2) is 39.5 Å². The van der Waals surface area contributed by atoms with Gasteiger partial charge in [0, 0.05) is 18.2 Å². The quantitative estimate of drug-likeness (QED) is 0.162. The summed E-state index contributed by atoms with van der Waals surface area (Å²) in [6, 6.07) is 25.8. The summed E-state index contributed by atoms with van der Waals surface area (Å²) >= 11 is 0. The molecule has 0 amide bonds. The minimum atomic E-state index is -1.17. The van der Waals surface area contributed by atoms with E-state index in [9.17, 15) is 39.5 Å². The number of benzene rings is 6. The first-order valence-corrected chi connectivity index (χ1v) is 14.1. The molecular formula is C36H21B2F9. The average Bonchev–Trinajstić information content (AvgIpc) is 2.97. The Kier molecular flexibility index (Phi) is 10.2. The fraction of sp³-hybridized carbons (Fsp3) is 0. The van der Waals surface area contributed by atoms with E-state index in [0.717, 1.165) is 36.4 Å². The minimum absolute atomic E-state index is 0.0347. The molecule has 0 saturated heterocycles. The lowest BCUT2D eigenvalue weighted by Crippen LogP contribution is -2.52. The van der Waals surface area contributed by atoms with Gasteiger partial charge < -0.3 is 0 Å². The van der Waals surface area contributed by atoms with Crippen molar-refractivity contribution in [3.63, 3.8) is 0 Å². The van der Waals surface area contributed by atoms with Crippen LogP contribution < -0.4 is 32.8 Å². The Morgan fingerprint density at radius 3 is 0.681 bits per heavy atom. The molecule has 47 heavy (non-hydrogen) atoms. The molecule has 0 aliphatic rings. The van der Waals surface area contributed by atoms with Gasteiger partial charge in [0.05, 0.1) is 0 Å². The van der Waals surface area contributed by atoms with Gasteiger partial charge >= 0.3 is 0 Å². The van der Waals surface area contributed by atoms with Crippen LogP contribution in [0, 0.1) is 52.4 Å². The van der Waals surface area contributed by atoms with Crippen molar-refractivity contribution in [1.29, 1.82) is 0 Å². The molecule has 0 N–H and O–H groups in total. The maximum absolute atomic E-state index is 13.6. The fourth-order valence-corrected chi connectivity index (χ4v) is 5.44. The first kappa shape index (κ1) is 33.2. The van der Waals surface area contributed by atoms with E-state index >= 15 is 0 Å². The molecule has 0 aliphatic heterocycles. The first-order chi connectivity index (χ1) is 22.4. The second-order valence-electron chi connectivity index (χ2n) is 10.6. The van der Waals surface area contributed by atoms with Crippen LogP contribution in [0.5, 0.6) is 0 Å². The SMILES string of the molecule is Fc1cc(F)cc(B(c2cc(F)cc(F)c2)c2cc(F)cc(F)c2)c1.Fc1cccc(B(c2cccc(F)c2)c2cccc(F)c2)c1. The third kappa shape index (κ3) is 8.55. The molecule has 6 aromatic carbocycles. The van der Waals surface area contributed by atoms with E-state index in [4.69, 9.17) is 0 Å². The monoisotopic (exact) mass is 646 g/mol. The van der Waals surface area contributed by atoms with Crippen molar-refractivity contribution in [2.24, 2.45) is 0 Å². The number of hydrogen-bond donors (Lipinski definition) is 0. The second kappa shape index (κ2) is 14.5. The van der Waals surface area contributed by atoms with Crippen LogP contribution in [0.1, 0.15) is 0 Å². The van der Waals surface area contributed by atoms with Crippen molar-refractivity contribution >= 4 is 46.2 Å². The Balaban J connectivity index is 0.000000186. The van der Waals surface area contributed by atoms with Crippen molar-refractivity contribution in [2.75, 3.05) is 0 Å². The molecule has 0 radical (unpaired) electrons. The Bertz CT molecular complexity index is 1740. The maximum atomic E-state index is 13.6. The lowest BCUT2D eigenvalue weighted by atomic mass is 9.37. The summed E-state index contributed by atoms with van der Waals surface area (Å²) in [5, 5.41) is 0. The summed E-state index contributed by atoms with van der Waals surface area (Å²) in [4.78, 5) is 0. The summed E-state index contributed by atoms with van der Waals surface area (Å²) in [6.45, 7) is -1.59. The Labute approximate surface area is 265 Å². The first-order valence-electron chi connectivity index (χ1n) is 14.1. The normalized spacial score (nSPS) is 10.7. The molecule has 0 aromatic heterocycles. The van der Waals surface area contributed by atoms with E-state index in [1.54, 1.807) is 36.4 Å². The van der Waals surface area contributed by atoms with Crippen LogP contribution in [0.3, 0.4) is 0 Å². The van der Waals surface area contributed by atoms with Crippen LogP contribution in [0.2, 0.25) is 0 Å². The lowest BCUT2D eigenvalue weighted by Gasteiger charge is -2.16. The van der Waals surface area contributed by atoms with Crippen LogP contribution in [-0.2, 0) is 0 Å². The molecule has 0 nitrogen and oxygen atoms in total. The highest BCUT2D eigenvalue weighted by molar-refractivity contribution is 6.96. The maximum Gasteiger partial charge on any atom is 0.241 e. The third-order valence-electron chi connectivity index (χ3n) is 7.20. The van der Waals surface area contributed by atoms with Crippen LogP contribution >= 0.6 is 0 Å². The highest BCUT2D eigenvalue weighted by Crippen LogP contribution is 2.08. The zero-order valence-electron chi connectivity index (χ0n) is 24.2. The van der Waals surface area contributed by atoms with Crippen molar-refractivity contribution in [1.82, 2.24) is 0 Å². The molecule has 0 heterocycles. The fourth-order valence-electron chi connectivity index (χ4n) is 5.44. The zero-order valence-corrected chi connectivity index (χ0v) is 24.2. The predicted octanol–water partition coefficient (Wildman–Crippen LogP) is 5.66.